The molecular formula is C9H10ClN3O3. The largest absolute Gasteiger partial charge is 0.369 e. The van der Waals surface area contributed by atoms with Gasteiger partial charge in [-0.1, -0.05) is 11.6 Å². The van der Waals surface area contributed by atoms with Crippen LogP contribution >= 0.6 is 11.6 Å². The number of amides is 1. The number of rotatable bonds is 5. The molecule has 0 atom stereocenters. The Balaban J connectivity index is 2.74. The highest BCUT2D eigenvalue weighted by Gasteiger charge is 2.09. The molecule has 6 nitrogen and oxygen atoms in total. The van der Waals surface area contributed by atoms with Gasteiger partial charge in [0.2, 0.25) is 5.91 Å². The van der Waals surface area contributed by atoms with E-state index in [-0.39, 0.29) is 18.8 Å². The van der Waals surface area contributed by atoms with Gasteiger partial charge in [-0.15, -0.1) is 0 Å². The van der Waals surface area contributed by atoms with Crippen LogP contribution in [0, 0.1) is 10.1 Å². The summed E-state index contributed by atoms with van der Waals surface area (Å²) in [5, 5.41) is 13.6. The molecule has 7 heteroatoms. The number of hydrogen-bond acceptors (Lipinski definition) is 4. The lowest BCUT2D eigenvalue weighted by Crippen LogP contribution is -2.28. The summed E-state index contributed by atoms with van der Waals surface area (Å²) in [6.45, 7) is 0.252. The van der Waals surface area contributed by atoms with Crippen LogP contribution in [0.2, 0.25) is 5.02 Å². The zero-order valence-corrected chi connectivity index (χ0v) is 9.03. The van der Waals surface area contributed by atoms with Gasteiger partial charge in [-0.3, -0.25) is 14.9 Å². The summed E-state index contributed by atoms with van der Waals surface area (Å²) >= 11 is 5.84. The first kappa shape index (κ1) is 12.4. The Bertz CT molecular complexity index is 422. The molecule has 0 heterocycles. The molecule has 0 saturated heterocycles. The number of carbonyl (C=O) groups excluding carboxylic acids is 1. The molecule has 0 bridgehead atoms. The van der Waals surface area contributed by atoms with Crippen LogP contribution in [0.15, 0.2) is 18.2 Å². The normalized spacial score (nSPS) is 10.1. The van der Waals surface area contributed by atoms with Gasteiger partial charge in [0.05, 0.1) is 11.5 Å². The van der Waals surface area contributed by atoms with Crippen LogP contribution in [0.3, 0.4) is 0 Å². The quantitative estimate of drug-likeness (QED) is 0.591. The van der Waals surface area contributed by atoms with Crippen molar-refractivity contribution >= 4 is 23.2 Å². The van der Waals surface area contributed by atoms with Crippen LogP contribution in [-0.4, -0.2) is 17.4 Å². The molecule has 0 radical (unpaired) electrons. The molecule has 0 fully saturated rings. The van der Waals surface area contributed by atoms with Crippen molar-refractivity contribution in [1.29, 1.82) is 0 Å². The Morgan fingerprint density at radius 3 is 2.81 bits per heavy atom. The number of nitrogens with zero attached hydrogens (tertiary/aromatic N) is 1. The Morgan fingerprint density at radius 1 is 1.56 bits per heavy atom. The van der Waals surface area contributed by atoms with E-state index in [9.17, 15) is 14.9 Å². The van der Waals surface area contributed by atoms with Crippen molar-refractivity contribution < 1.29 is 9.72 Å². The number of halogens is 1. The minimum Gasteiger partial charge on any atom is -0.369 e. The highest BCUT2D eigenvalue weighted by atomic mass is 35.5. The summed E-state index contributed by atoms with van der Waals surface area (Å²) in [5.41, 5.74) is 5.44. The zero-order chi connectivity index (χ0) is 12.1. The van der Waals surface area contributed by atoms with Crippen molar-refractivity contribution in [2.45, 2.75) is 6.54 Å². The van der Waals surface area contributed by atoms with E-state index in [4.69, 9.17) is 17.3 Å². The molecule has 0 aliphatic carbocycles. The lowest BCUT2D eigenvalue weighted by Gasteiger charge is -2.04. The van der Waals surface area contributed by atoms with Crippen molar-refractivity contribution in [2.75, 3.05) is 6.54 Å². The molecule has 1 rings (SSSR count). The molecule has 3 N–H and O–H groups in total. The Morgan fingerprint density at radius 2 is 2.25 bits per heavy atom. The van der Waals surface area contributed by atoms with E-state index in [2.05, 4.69) is 5.32 Å². The maximum Gasteiger partial charge on any atom is 0.269 e. The third-order valence-electron chi connectivity index (χ3n) is 1.85. The van der Waals surface area contributed by atoms with E-state index < -0.39 is 10.8 Å². The standard InChI is InChI=1S/C9H10ClN3O3/c10-8-2-1-7(13(15)16)3-6(8)4-12-5-9(11)14/h1-3,12H,4-5H2,(H2,11,14). The first-order valence-electron chi connectivity index (χ1n) is 4.42. The Labute approximate surface area is 96.5 Å². The van der Waals surface area contributed by atoms with Gasteiger partial charge in [0.25, 0.3) is 5.69 Å². The number of primary amides is 1. The number of nitrogens with one attached hydrogen (secondary N) is 1. The predicted molar refractivity (Wildman–Crippen MR) is 59.0 cm³/mol. The van der Waals surface area contributed by atoms with E-state index in [0.29, 0.717) is 10.6 Å². The first-order valence-corrected chi connectivity index (χ1v) is 4.80. The topological polar surface area (TPSA) is 98.3 Å². The van der Waals surface area contributed by atoms with E-state index in [1.807, 2.05) is 0 Å². The van der Waals surface area contributed by atoms with Crippen molar-refractivity contribution in [3.8, 4) is 0 Å². The maximum absolute atomic E-state index is 10.5. The van der Waals surface area contributed by atoms with Crippen LogP contribution in [0.4, 0.5) is 5.69 Å². The molecule has 0 aliphatic rings. The van der Waals surface area contributed by atoms with Gasteiger partial charge < -0.3 is 11.1 Å². The van der Waals surface area contributed by atoms with Gasteiger partial charge in [0.15, 0.2) is 0 Å². The van der Waals surface area contributed by atoms with Crippen LogP contribution in [0.25, 0.3) is 0 Å². The SMILES string of the molecule is NC(=O)CNCc1cc([N+](=O)[O-])ccc1Cl. The first-order chi connectivity index (χ1) is 7.50. The summed E-state index contributed by atoms with van der Waals surface area (Å²) in [6, 6.07) is 4.12. The van der Waals surface area contributed by atoms with Crippen LogP contribution in [0.1, 0.15) is 5.56 Å². The van der Waals surface area contributed by atoms with Gasteiger partial charge in [0, 0.05) is 23.7 Å². The molecular weight excluding hydrogens is 234 g/mol. The highest BCUT2D eigenvalue weighted by Crippen LogP contribution is 2.21. The third-order valence-corrected chi connectivity index (χ3v) is 2.22. The van der Waals surface area contributed by atoms with Crippen molar-refractivity contribution in [3.63, 3.8) is 0 Å². The highest BCUT2D eigenvalue weighted by molar-refractivity contribution is 6.31. The third kappa shape index (κ3) is 3.48. The summed E-state index contributed by atoms with van der Waals surface area (Å²) in [7, 11) is 0. The molecule has 0 spiro atoms. The fourth-order valence-corrected chi connectivity index (χ4v) is 1.31. The molecule has 1 amide bonds. The molecule has 1 aromatic carbocycles. The second-order valence-electron chi connectivity index (χ2n) is 3.10. The van der Waals surface area contributed by atoms with Gasteiger partial charge in [-0.25, -0.2) is 0 Å². The van der Waals surface area contributed by atoms with E-state index >= 15 is 0 Å². The Hall–Kier alpha value is -1.66. The van der Waals surface area contributed by atoms with Gasteiger partial charge >= 0.3 is 0 Å². The number of hydrogen-bond donors (Lipinski definition) is 2. The van der Waals surface area contributed by atoms with Gasteiger partial charge in [-0.2, -0.15) is 0 Å². The van der Waals surface area contributed by atoms with Crippen LogP contribution < -0.4 is 11.1 Å². The number of benzene rings is 1. The molecule has 1 aromatic rings. The zero-order valence-electron chi connectivity index (χ0n) is 8.27. The lowest BCUT2D eigenvalue weighted by molar-refractivity contribution is -0.384. The van der Waals surface area contributed by atoms with E-state index in [1.165, 1.54) is 18.2 Å². The summed E-state index contributed by atoms with van der Waals surface area (Å²) < 4.78 is 0. The summed E-state index contributed by atoms with van der Waals surface area (Å²) in [6.07, 6.45) is 0. The van der Waals surface area contributed by atoms with Crippen molar-refractivity contribution in [1.82, 2.24) is 5.32 Å². The van der Waals surface area contributed by atoms with Crippen molar-refractivity contribution in [3.05, 3.63) is 38.9 Å². The fraction of sp³-hybridized carbons (Fsp3) is 0.222. The molecule has 16 heavy (non-hydrogen) atoms. The molecule has 86 valence electrons. The molecule has 0 aliphatic heterocycles. The minimum atomic E-state index is -0.506. The minimum absolute atomic E-state index is 0.000971. The fourth-order valence-electron chi connectivity index (χ4n) is 1.13. The summed E-state index contributed by atoms with van der Waals surface area (Å²) in [4.78, 5) is 20.5. The molecule has 0 unspecified atom stereocenters. The monoisotopic (exact) mass is 243 g/mol. The van der Waals surface area contributed by atoms with E-state index in [0.717, 1.165) is 0 Å². The average Bonchev–Trinajstić information content (AvgIpc) is 2.20. The Kier molecular flexibility index (Phi) is 4.21. The number of nitrogens with two attached hydrogens (primary N) is 1. The van der Waals surface area contributed by atoms with Gasteiger partial charge in [0.1, 0.15) is 0 Å². The smallest absolute Gasteiger partial charge is 0.269 e. The number of carbonyl (C=O) groups is 1. The predicted octanol–water partition coefficient (Wildman–Crippen LogP) is 0.823. The number of nitro benzene ring substituents is 1. The van der Waals surface area contributed by atoms with Crippen LogP contribution in [0.5, 0.6) is 0 Å². The van der Waals surface area contributed by atoms with Crippen molar-refractivity contribution in [2.24, 2.45) is 5.73 Å². The number of non-ortho nitro benzene ring substituents is 1. The van der Waals surface area contributed by atoms with Gasteiger partial charge in [-0.05, 0) is 11.6 Å². The summed E-state index contributed by atoms with van der Waals surface area (Å²) in [5.74, 6) is -0.499. The lowest BCUT2D eigenvalue weighted by atomic mass is 10.2. The van der Waals surface area contributed by atoms with E-state index in [1.54, 1.807) is 0 Å². The maximum atomic E-state index is 10.5. The second-order valence-corrected chi connectivity index (χ2v) is 3.51. The number of nitro groups is 1. The second kappa shape index (κ2) is 5.43. The molecule has 0 saturated carbocycles. The average molecular weight is 244 g/mol. The molecule has 0 aromatic heterocycles. The van der Waals surface area contributed by atoms with Crippen LogP contribution in [-0.2, 0) is 11.3 Å².